The van der Waals surface area contributed by atoms with Crippen LogP contribution in [0.25, 0.3) is 11.5 Å². The Bertz CT molecular complexity index is 922. The average Bonchev–Trinajstić information content (AvgIpc) is 3.08. The second-order valence-corrected chi connectivity index (χ2v) is 6.46. The zero-order valence-electron chi connectivity index (χ0n) is 14.7. The van der Waals surface area contributed by atoms with Crippen molar-refractivity contribution in [3.63, 3.8) is 0 Å². The van der Waals surface area contributed by atoms with Crippen LogP contribution in [0.15, 0.2) is 46.9 Å². The van der Waals surface area contributed by atoms with Crippen molar-refractivity contribution in [1.82, 2.24) is 10.2 Å². The highest BCUT2D eigenvalue weighted by Gasteiger charge is 2.15. The lowest BCUT2D eigenvalue weighted by Gasteiger charge is -2.13. The van der Waals surface area contributed by atoms with Crippen LogP contribution in [0.1, 0.15) is 31.3 Å². The predicted octanol–water partition coefficient (Wildman–Crippen LogP) is 4.83. The molecule has 1 atom stereocenters. The highest BCUT2D eigenvalue weighted by Crippen LogP contribution is 2.28. The molecule has 134 valence electrons. The molecule has 3 rings (SSSR count). The molecule has 0 aliphatic rings. The Morgan fingerprint density at radius 3 is 2.54 bits per heavy atom. The summed E-state index contributed by atoms with van der Waals surface area (Å²) in [6, 6.07) is 13.0. The van der Waals surface area contributed by atoms with Crippen molar-refractivity contribution in [2.75, 3.05) is 10.6 Å². The van der Waals surface area contributed by atoms with Gasteiger partial charge in [0.25, 0.3) is 0 Å². The van der Waals surface area contributed by atoms with Gasteiger partial charge in [0.05, 0.1) is 10.7 Å². The number of hydrogen-bond acceptors (Lipinski definition) is 5. The summed E-state index contributed by atoms with van der Waals surface area (Å²) in [4.78, 5) is 11.1. The van der Waals surface area contributed by atoms with E-state index in [1.807, 2.05) is 44.2 Å². The lowest BCUT2D eigenvalue weighted by molar-refractivity contribution is -0.114. The number of anilines is 2. The van der Waals surface area contributed by atoms with Crippen LogP contribution < -0.4 is 10.6 Å². The number of nitrogens with one attached hydrogen (secondary N) is 2. The Kier molecular flexibility index (Phi) is 5.23. The van der Waals surface area contributed by atoms with Crippen molar-refractivity contribution in [2.24, 2.45) is 0 Å². The molecule has 0 spiro atoms. The van der Waals surface area contributed by atoms with Gasteiger partial charge in [-0.05, 0) is 44.2 Å². The van der Waals surface area contributed by atoms with Crippen LogP contribution in [0.4, 0.5) is 11.4 Å². The van der Waals surface area contributed by atoms with Gasteiger partial charge in [0, 0.05) is 18.2 Å². The summed E-state index contributed by atoms with van der Waals surface area (Å²) in [7, 11) is 0. The smallest absolute Gasteiger partial charge is 0.247 e. The molecule has 26 heavy (non-hydrogen) atoms. The summed E-state index contributed by atoms with van der Waals surface area (Å²) in [5.41, 5.74) is 3.40. The minimum Gasteiger partial charge on any atom is -0.418 e. The van der Waals surface area contributed by atoms with Crippen LogP contribution in [0, 0.1) is 6.92 Å². The summed E-state index contributed by atoms with van der Waals surface area (Å²) in [6.45, 7) is 5.38. The van der Waals surface area contributed by atoms with Gasteiger partial charge in [-0.3, -0.25) is 4.79 Å². The van der Waals surface area contributed by atoms with Gasteiger partial charge in [0.1, 0.15) is 6.04 Å². The average molecular weight is 371 g/mol. The molecule has 0 saturated heterocycles. The lowest BCUT2D eigenvalue weighted by Crippen LogP contribution is -2.08. The molecular formula is C19H19ClN4O2. The first-order chi connectivity index (χ1) is 12.4. The molecule has 1 aromatic heterocycles. The number of benzene rings is 2. The topological polar surface area (TPSA) is 80.0 Å². The fourth-order valence-corrected chi connectivity index (χ4v) is 2.66. The minimum absolute atomic E-state index is 0.171. The van der Waals surface area contributed by atoms with Crippen LogP contribution in [0.2, 0.25) is 5.02 Å². The van der Waals surface area contributed by atoms with Crippen LogP contribution >= 0.6 is 11.6 Å². The van der Waals surface area contributed by atoms with E-state index in [9.17, 15) is 4.79 Å². The number of hydrogen-bond donors (Lipinski definition) is 2. The lowest BCUT2D eigenvalue weighted by atomic mass is 10.1. The molecule has 0 unspecified atom stereocenters. The quantitative estimate of drug-likeness (QED) is 0.672. The maximum Gasteiger partial charge on any atom is 0.247 e. The fourth-order valence-electron chi connectivity index (χ4n) is 2.43. The number of nitrogens with zero attached hydrogens (tertiary/aromatic N) is 2. The number of rotatable bonds is 5. The van der Waals surface area contributed by atoms with Gasteiger partial charge in [0.15, 0.2) is 0 Å². The van der Waals surface area contributed by atoms with Gasteiger partial charge < -0.3 is 15.1 Å². The first kappa shape index (κ1) is 17.9. The van der Waals surface area contributed by atoms with Crippen molar-refractivity contribution >= 4 is 28.9 Å². The Morgan fingerprint density at radius 2 is 1.88 bits per heavy atom. The molecule has 3 aromatic rings. The second kappa shape index (κ2) is 7.58. The van der Waals surface area contributed by atoms with E-state index in [0.717, 1.165) is 11.3 Å². The number of aromatic nitrogens is 2. The van der Waals surface area contributed by atoms with E-state index in [1.165, 1.54) is 12.5 Å². The van der Waals surface area contributed by atoms with Crippen molar-refractivity contribution in [3.05, 3.63) is 58.9 Å². The first-order valence-electron chi connectivity index (χ1n) is 8.16. The van der Waals surface area contributed by atoms with Crippen molar-refractivity contribution < 1.29 is 9.21 Å². The SMILES string of the molecule is CC(=O)Nc1ccc(N[C@@H](C)c2nnc(-c3ccc(C)cc3)o2)cc1Cl. The minimum atomic E-state index is -0.204. The summed E-state index contributed by atoms with van der Waals surface area (Å²) in [6.07, 6.45) is 0. The van der Waals surface area contributed by atoms with Gasteiger partial charge >= 0.3 is 0 Å². The van der Waals surface area contributed by atoms with Crippen molar-refractivity contribution in [1.29, 1.82) is 0 Å². The standard InChI is InChI=1S/C19H19ClN4O2/c1-11-4-6-14(7-5-11)19-24-23-18(26-19)12(2)21-15-8-9-17(16(20)10-15)22-13(3)25/h4-10,12,21H,1-3H3,(H,22,25)/t12-/m0/s1. The second-order valence-electron chi connectivity index (χ2n) is 6.05. The first-order valence-corrected chi connectivity index (χ1v) is 8.54. The molecular weight excluding hydrogens is 352 g/mol. The third kappa shape index (κ3) is 4.21. The van der Waals surface area contributed by atoms with E-state index in [4.69, 9.17) is 16.0 Å². The zero-order chi connectivity index (χ0) is 18.7. The molecule has 0 aliphatic heterocycles. The molecule has 0 bridgehead atoms. The van der Waals surface area contributed by atoms with Gasteiger partial charge in [-0.25, -0.2) is 0 Å². The van der Waals surface area contributed by atoms with Crippen molar-refractivity contribution in [2.45, 2.75) is 26.8 Å². The molecule has 6 nitrogen and oxygen atoms in total. The summed E-state index contributed by atoms with van der Waals surface area (Å²) < 4.78 is 5.78. The number of halogens is 1. The Morgan fingerprint density at radius 1 is 1.15 bits per heavy atom. The van der Waals surface area contributed by atoms with Crippen LogP contribution in [0.5, 0.6) is 0 Å². The zero-order valence-corrected chi connectivity index (χ0v) is 15.5. The fraction of sp³-hybridized carbons (Fsp3) is 0.211. The molecule has 0 radical (unpaired) electrons. The molecule has 0 saturated carbocycles. The van der Waals surface area contributed by atoms with Crippen LogP contribution in [0.3, 0.4) is 0 Å². The summed E-state index contributed by atoms with van der Waals surface area (Å²) >= 11 is 6.19. The molecule has 1 amide bonds. The van der Waals surface area contributed by atoms with E-state index in [0.29, 0.717) is 22.5 Å². The number of aryl methyl sites for hydroxylation is 1. The van der Waals surface area contributed by atoms with E-state index < -0.39 is 0 Å². The van der Waals surface area contributed by atoms with Crippen molar-refractivity contribution in [3.8, 4) is 11.5 Å². The third-order valence-electron chi connectivity index (χ3n) is 3.77. The predicted molar refractivity (Wildman–Crippen MR) is 102 cm³/mol. The molecule has 2 N–H and O–H groups in total. The van der Waals surface area contributed by atoms with E-state index in [1.54, 1.807) is 12.1 Å². The monoisotopic (exact) mass is 370 g/mol. The molecule has 1 heterocycles. The van der Waals surface area contributed by atoms with Crippen LogP contribution in [-0.4, -0.2) is 16.1 Å². The Hall–Kier alpha value is -2.86. The summed E-state index contributed by atoms with van der Waals surface area (Å²) in [5, 5.41) is 14.6. The maximum absolute atomic E-state index is 11.1. The third-order valence-corrected chi connectivity index (χ3v) is 4.09. The number of carbonyl (C=O) groups excluding carboxylic acids is 1. The molecule has 0 aliphatic carbocycles. The molecule has 7 heteroatoms. The highest BCUT2D eigenvalue weighted by atomic mass is 35.5. The number of carbonyl (C=O) groups is 1. The van der Waals surface area contributed by atoms with E-state index in [2.05, 4.69) is 20.8 Å². The van der Waals surface area contributed by atoms with Gasteiger partial charge in [-0.15, -0.1) is 10.2 Å². The van der Waals surface area contributed by atoms with E-state index in [-0.39, 0.29) is 11.9 Å². The normalized spacial score (nSPS) is 11.8. The maximum atomic E-state index is 11.1. The largest absolute Gasteiger partial charge is 0.418 e. The highest BCUT2D eigenvalue weighted by molar-refractivity contribution is 6.34. The number of amides is 1. The Balaban J connectivity index is 1.72. The Labute approximate surface area is 156 Å². The van der Waals surface area contributed by atoms with Gasteiger partial charge in [-0.1, -0.05) is 29.3 Å². The van der Waals surface area contributed by atoms with Gasteiger partial charge in [-0.2, -0.15) is 0 Å². The van der Waals surface area contributed by atoms with E-state index >= 15 is 0 Å². The molecule has 2 aromatic carbocycles. The molecule has 0 fully saturated rings. The van der Waals surface area contributed by atoms with Crippen LogP contribution in [-0.2, 0) is 4.79 Å². The summed E-state index contributed by atoms with van der Waals surface area (Å²) in [5.74, 6) is 0.783. The van der Waals surface area contributed by atoms with Gasteiger partial charge in [0.2, 0.25) is 17.7 Å².